The van der Waals surface area contributed by atoms with Gasteiger partial charge in [0.25, 0.3) is 0 Å². The number of rotatable bonds is 7. The van der Waals surface area contributed by atoms with Gasteiger partial charge in [0.2, 0.25) is 0 Å². The number of hydrogen-bond donors (Lipinski definition) is 2. The van der Waals surface area contributed by atoms with Gasteiger partial charge in [-0.1, -0.05) is 27.7 Å². The Morgan fingerprint density at radius 3 is 1.94 bits per heavy atom. The molecule has 1 atom stereocenters. The summed E-state index contributed by atoms with van der Waals surface area (Å²) in [6, 6.07) is 0. The van der Waals surface area contributed by atoms with E-state index in [9.17, 15) is 0 Å². The second kappa shape index (κ2) is 6.88. The van der Waals surface area contributed by atoms with Gasteiger partial charge >= 0.3 is 0 Å². The summed E-state index contributed by atoms with van der Waals surface area (Å²) in [5, 5.41) is 18.4. The highest BCUT2D eigenvalue weighted by Crippen LogP contribution is 2.36. The molecule has 0 aliphatic rings. The van der Waals surface area contributed by atoms with E-state index in [-0.39, 0.29) is 24.2 Å². The fraction of sp³-hybridized carbons (Fsp3) is 1.00. The molecule has 0 aliphatic heterocycles. The molecule has 0 rings (SSSR count). The summed E-state index contributed by atoms with van der Waals surface area (Å²) in [4.78, 5) is 0. The number of aliphatic hydroxyl groups excluding tert-OH is 2. The zero-order valence-electron chi connectivity index (χ0n) is 12.3. The van der Waals surface area contributed by atoms with E-state index in [1.165, 1.54) is 0 Å². The maximum atomic E-state index is 9.09. The van der Waals surface area contributed by atoms with Crippen LogP contribution in [-0.4, -0.2) is 38.4 Å². The minimum absolute atomic E-state index is 0.0157. The molecule has 0 spiro atoms. The SMILES string of the molecule is C[C@@H](CCO[Si](C)(C)C(C)(C)C)C(CO)CO. The van der Waals surface area contributed by atoms with Crippen molar-refractivity contribution in [1.82, 2.24) is 0 Å². The van der Waals surface area contributed by atoms with E-state index in [0.29, 0.717) is 5.92 Å². The lowest BCUT2D eigenvalue weighted by Crippen LogP contribution is -2.41. The van der Waals surface area contributed by atoms with E-state index < -0.39 is 8.32 Å². The summed E-state index contributed by atoms with van der Waals surface area (Å²) in [5.41, 5.74) is 0. The molecule has 0 unspecified atom stereocenters. The van der Waals surface area contributed by atoms with Crippen molar-refractivity contribution in [3.05, 3.63) is 0 Å². The summed E-state index contributed by atoms with van der Waals surface area (Å²) in [5.74, 6) is 0.285. The predicted octanol–water partition coefficient (Wildman–Crippen LogP) is 2.64. The predicted molar refractivity (Wildman–Crippen MR) is 74.6 cm³/mol. The average molecular weight is 262 g/mol. The fourth-order valence-electron chi connectivity index (χ4n) is 1.37. The van der Waals surface area contributed by atoms with Gasteiger partial charge in [-0.3, -0.25) is 0 Å². The standard InChI is InChI=1S/C13H30O3Si/c1-11(12(9-14)10-15)7-8-16-17(5,6)13(2,3)4/h11-12,14-15H,7-10H2,1-6H3/t11-/m0/s1. The zero-order valence-corrected chi connectivity index (χ0v) is 13.3. The zero-order chi connectivity index (χ0) is 13.7. The Morgan fingerprint density at radius 2 is 1.59 bits per heavy atom. The Labute approximate surface area is 107 Å². The third kappa shape index (κ3) is 5.51. The molecule has 104 valence electrons. The van der Waals surface area contributed by atoms with E-state index in [1.54, 1.807) is 0 Å². The maximum absolute atomic E-state index is 9.09. The van der Waals surface area contributed by atoms with Crippen LogP contribution < -0.4 is 0 Å². The molecule has 0 heterocycles. The van der Waals surface area contributed by atoms with E-state index in [1.807, 2.05) is 0 Å². The van der Waals surface area contributed by atoms with Crippen LogP contribution in [0.3, 0.4) is 0 Å². The normalized spacial score (nSPS) is 15.4. The van der Waals surface area contributed by atoms with Gasteiger partial charge in [0.1, 0.15) is 0 Å². The second-order valence-electron chi connectivity index (χ2n) is 6.50. The molecular weight excluding hydrogens is 232 g/mol. The van der Waals surface area contributed by atoms with Gasteiger partial charge in [-0.25, -0.2) is 0 Å². The average Bonchev–Trinajstić information content (AvgIpc) is 2.17. The molecule has 2 N–H and O–H groups in total. The van der Waals surface area contributed by atoms with Crippen molar-refractivity contribution in [3.8, 4) is 0 Å². The molecule has 3 nitrogen and oxygen atoms in total. The van der Waals surface area contributed by atoms with Crippen LogP contribution in [0.4, 0.5) is 0 Å². The number of hydrogen-bond acceptors (Lipinski definition) is 3. The van der Waals surface area contributed by atoms with Crippen LogP contribution in [0.15, 0.2) is 0 Å². The molecule has 0 bridgehead atoms. The van der Waals surface area contributed by atoms with Crippen molar-refractivity contribution in [1.29, 1.82) is 0 Å². The third-order valence-electron chi connectivity index (χ3n) is 4.12. The molecule has 0 fully saturated rings. The highest BCUT2D eigenvalue weighted by Gasteiger charge is 2.37. The Bertz CT molecular complexity index is 207. The fourth-order valence-corrected chi connectivity index (χ4v) is 2.43. The van der Waals surface area contributed by atoms with E-state index >= 15 is 0 Å². The minimum Gasteiger partial charge on any atom is -0.417 e. The summed E-state index contributed by atoms with van der Waals surface area (Å²) < 4.78 is 6.08. The topological polar surface area (TPSA) is 49.7 Å². The van der Waals surface area contributed by atoms with Crippen molar-refractivity contribution in [2.24, 2.45) is 11.8 Å². The molecule has 0 saturated heterocycles. The van der Waals surface area contributed by atoms with Gasteiger partial charge in [-0.05, 0) is 30.5 Å². The molecule has 0 aromatic heterocycles. The van der Waals surface area contributed by atoms with Crippen LogP contribution in [0.1, 0.15) is 34.1 Å². The van der Waals surface area contributed by atoms with Crippen LogP contribution in [0, 0.1) is 11.8 Å². The summed E-state index contributed by atoms with van der Waals surface area (Å²) in [7, 11) is -1.65. The van der Waals surface area contributed by atoms with Crippen LogP contribution in [0.5, 0.6) is 0 Å². The first kappa shape index (κ1) is 17.1. The van der Waals surface area contributed by atoms with Crippen molar-refractivity contribution < 1.29 is 14.6 Å². The Balaban J connectivity index is 4.07. The van der Waals surface area contributed by atoms with Crippen molar-refractivity contribution in [2.45, 2.75) is 52.2 Å². The molecule has 4 heteroatoms. The second-order valence-corrected chi connectivity index (χ2v) is 11.3. The monoisotopic (exact) mass is 262 g/mol. The van der Waals surface area contributed by atoms with E-state index in [4.69, 9.17) is 14.6 Å². The first-order valence-corrected chi connectivity index (χ1v) is 9.42. The highest BCUT2D eigenvalue weighted by molar-refractivity contribution is 6.74. The van der Waals surface area contributed by atoms with Crippen molar-refractivity contribution in [3.63, 3.8) is 0 Å². The summed E-state index contributed by atoms with van der Waals surface area (Å²) in [6.07, 6.45) is 0.901. The lowest BCUT2D eigenvalue weighted by atomic mass is 9.93. The first-order chi connectivity index (χ1) is 7.65. The molecule has 17 heavy (non-hydrogen) atoms. The minimum atomic E-state index is -1.65. The van der Waals surface area contributed by atoms with E-state index in [0.717, 1.165) is 13.0 Å². The summed E-state index contributed by atoms with van der Waals surface area (Å²) in [6.45, 7) is 14.1. The van der Waals surface area contributed by atoms with Gasteiger partial charge in [-0.2, -0.15) is 0 Å². The van der Waals surface area contributed by atoms with E-state index in [2.05, 4.69) is 40.8 Å². The van der Waals surface area contributed by atoms with Gasteiger partial charge in [0.05, 0.1) is 0 Å². The van der Waals surface area contributed by atoms with Crippen molar-refractivity contribution in [2.75, 3.05) is 19.8 Å². The third-order valence-corrected chi connectivity index (χ3v) is 8.65. The van der Waals surface area contributed by atoms with Gasteiger partial charge < -0.3 is 14.6 Å². The molecule has 0 aromatic carbocycles. The maximum Gasteiger partial charge on any atom is 0.191 e. The molecule has 0 aliphatic carbocycles. The van der Waals surface area contributed by atoms with Gasteiger partial charge in [0.15, 0.2) is 8.32 Å². The van der Waals surface area contributed by atoms with Gasteiger partial charge in [0, 0.05) is 25.7 Å². The lowest BCUT2D eigenvalue weighted by molar-refractivity contribution is 0.100. The largest absolute Gasteiger partial charge is 0.417 e. The van der Waals surface area contributed by atoms with Crippen molar-refractivity contribution >= 4 is 8.32 Å². The molecule has 0 saturated carbocycles. The Kier molecular flexibility index (Phi) is 6.92. The van der Waals surface area contributed by atoms with Crippen LogP contribution in [0.25, 0.3) is 0 Å². The molecule has 0 amide bonds. The smallest absolute Gasteiger partial charge is 0.191 e. The first-order valence-electron chi connectivity index (χ1n) is 6.51. The van der Waals surface area contributed by atoms with Crippen LogP contribution in [0.2, 0.25) is 18.1 Å². The van der Waals surface area contributed by atoms with Crippen LogP contribution in [-0.2, 0) is 4.43 Å². The summed E-state index contributed by atoms with van der Waals surface area (Å²) >= 11 is 0. The quantitative estimate of drug-likeness (QED) is 0.694. The molecule has 0 radical (unpaired) electrons. The lowest BCUT2D eigenvalue weighted by Gasteiger charge is -2.36. The Hall–Kier alpha value is 0.0969. The molecule has 0 aromatic rings. The van der Waals surface area contributed by atoms with Gasteiger partial charge in [-0.15, -0.1) is 0 Å². The number of aliphatic hydroxyl groups is 2. The van der Waals surface area contributed by atoms with Crippen LogP contribution >= 0.6 is 0 Å². The Morgan fingerprint density at radius 1 is 1.12 bits per heavy atom. The highest BCUT2D eigenvalue weighted by atomic mass is 28.4. The molecular formula is C13H30O3Si.